The minimum Gasteiger partial charge on any atom is -0.381 e. The number of ether oxygens (including phenoxy) is 1. The summed E-state index contributed by atoms with van der Waals surface area (Å²) < 4.78 is 5.13. The summed E-state index contributed by atoms with van der Waals surface area (Å²) >= 11 is 0. The fraction of sp³-hybridized carbons (Fsp3) is 0.857. The summed E-state index contributed by atoms with van der Waals surface area (Å²) in [7, 11) is 1.69. The van der Waals surface area contributed by atoms with Gasteiger partial charge in [-0.3, -0.25) is 4.79 Å². The van der Waals surface area contributed by atoms with Gasteiger partial charge in [0.1, 0.15) is 0 Å². The predicted molar refractivity (Wildman–Crippen MR) is 37.7 cm³/mol. The van der Waals surface area contributed by atoms with Crippen LogP contribution in [0.4, 0.5) is 0 Å². The molecule has 0 aromatic rings. The second-order valence-corrected chi connectivity index (χ2v) is 2.54. The zero-order valence-electron chi connectivity index (χ0n) is 6.22. The maximum atomic E-state index is 10.8. The summed E-state index contributed by atoms with van der Waals surface area (Å²) in [6.45, 7) is 0.761. The third kappa shape index (κ3) is 1.99. The normalized spacial score (nSPS) is 27.3. The molecule has 1 aliphatic heterocycles. The average Bonchev–Trinajstić information content (AvgIpc) is 2.14. The zero-order valence-corrected chi connectivity index (χ0v) is 6.22. The van der Waals surface area contributed by atoms with Gasteiger partial charge in [-0.25, -0.2) is 0 Å². The summed E-state index contributed by atoms with van der Waals surface area (Å²) in [5.41, 5.74) is 0. The van der Waals surface area contributed by atoms with Gasteiger partial charge < -0.3 is 10.1 Å². The Morgan fingerprint density at radius 1 is 1.60 bits per heavy atom. The highest BCUT2D eigenvalue weighted by Gasteiger charge is 2.14. The van der Waals surface area contributed by atoms with E-state index in [1.54, 1.807) is 7.11 Å². The summed E-state index contributed by atoms with van der Waals surface area (Å²) in [4.78, 5) is 10.8. The zero-order chi connectivity index (χ0) is 7.40. The van der Waals surface area contributed by atoms with Gasteiger partial charge in [-0.1, -0.05) is 0 Å². The predicted octanol–water partition coefficient (Wildman–Crippen LogP) is 0.301. The quantitative estimate of drug-likeness (QED) is 0.573. The Hall–Kier alpha value is -0.570. The molecule has 0 aromatic carbocycles. The molecule has 1 atom stereocenters. The van der Waals surface area contributed by atoms with Crippen LogP contribution in [-0.2, 0) is 9.53 Å². The summed E-state index contributed by atoms with van der Waals surface area (Å²) in [5.74, 6) is 0.152. The van der Waals surface area contributed by atoms with Gasteiger partial charge in [0.2, 0.25) is 5.91 Å². The largest absolute Gasteiger partial charge is 0.381 e. The number of carbonyl (C=O) groups excluding carboxylic acids is 1. The van der Waals surface area contributed by atoms with Crippen molar-refractivity contribution < 1.29 is 9.53 Å². The van der Waals surface area contributed by atoms with Gasteiger partial charge in [0.25, 0.3) is 0 Å². The number of carbonyl (C=O) groups is 1. The summed E-state index contributed by atoms with van der Waals surface area (Å²) in [6.07, 6.45) is 2.70. The van der Waals surface area contributed by atoms with E-state index < -0.39 is 0 Å². The van der Waals surface area contributed by atoms with Crippen molar-refractivity contribution in [2.75, 3.05) is 13.7 Å². The maximum Gasteiger partial charge on any atom is 0.220 e. The molecule has 1 fully saturated rings. The molecule has 0 aliphatic carbocycles. The number of hydrogen-bond acceptors (Lipinski definition) is 2. The molecular formula is C7H13NO2. The lowest BCUT2D eigenvalue weighted by Crippen LogP contribution is -2.21. The highest BCUT2D eigenvalue weighted by Crippen LogP contribution is 2.08. The van der Waals surface area contributed by atoms with Gasteiger partial charge in [-0.2, -0.15) is 0 Å². The van der Waals surface area contributed by atoms with Crippen LogP contribution in [0.2, 0.25) is 0 Å². The van der Waals surface area contributed by atoms with Crippen LogP contribution in [0.15, 0.2) is 0 Å². The number of rotatable bonds is 1. The van der Waals surface area contributed by atoms with Crippen LogP contribution in [0.5, 0.6) is 0 Å². The van der Waals surface area contributed by atoms with Crippen molar-refractivity contribution in [2.45, 2.75) is 25.4 Å². The topological polar surface area (TPSA) is 38.3 Å². The number of hydrogen-bond donors (Lipinski definition) is 1. The van der Waals surface area contributed by atoms with Crippen LogP contribution in [0.3, 0.4) is 0 Å². The molecule has 1 aliphatic rings. The fourth-order valence-corrected chi connectivity index (χ4v) is 1.13. The third-order valence-corrected chi connectivity index (χ3v) is 1.82. The van der Waals surface area contributed by atoms with Crippen molar-refractivity contribution in [1.82, 2.24) is 5.32 Å². The van der Waals surface area contributed by atoms with Crippen molar-refractivity contribution >= 4 is 5.91 Å². The Morgan fingerprint density at radius 2 is 2.40 bits per heavy atom. The Balaban J connectivity index is 2.33. The van der Waals surface area contributed by atoms with E-state index in [0.717, 1.165) is 19.4 Å². The van der Waals surface area contributed by atoms with E-state index >= 15 is 0 Å². The highest BCUT2D eigenvalue weighted by atomic mass is 16.5. The minimum atomic E-state index is 0.152. The monoisotopic (exact) mass is 143 g/mol. The molecule has 0 unspecified atom stereocenters. The standard InChI is InChI=1S/C7H13NO2/c1-10-6-2-3-7(9)8-5-4-6/h6H,2-5H2,1H3,(H,8,9)/t6-/m1/s1. The summed E-state index contributed by atoms with van der Waals surface area (Å²) in [5, 5.41) is 2.79. The first-order valence-corrected chi connectivity index (χ1v) is 3.62. The molecule has 10 heavy (non-hydrogen) atoms. The van der Waals surface area contributed by atoms with Crippen molar-refractivity contribution in [1.29, 1.82) is 0 Å². The van der Waals surface area contributed by atoms with Crippen molar-refractivity contribution in [3.63, 3.8) is 0 Å². The molecule has 0 radical (unpaired) electrons. The first-order valence-electron chi connectivity index (χ1n) is 3.62. The number of nitrogens with one attached hydrogen (secondary N) is 1. The van der Waals surface area contributed by atoms with E-state index in [-0.39, 0.29) is 12.0 Å². The fourth-order valence-electron chi connectivity index (χ4n) is 1.13. The van der Waals surface area contributed by atoms with Gasteiger partial charge in [-0.15, -0.1) is 0 Å². The molecule has 3 heteroatoms. The molecular weight excluding hydrogens is 130 g/mol. The first-order chi connectivity index (χ1) is 4.83. The van der Waals surface area contributed by atoms with Gasteiger partial charge in [0.05, 0.1) is 6.10 Å². The Bertz CT molecular complexity index is 125. The van der Waals surface area contributed by atoms with E-state index in [2.05, 4.69) is 5.32 Å². The molecule has 0 bridgehead atoms. The Labute approximate surface area is 60.7 Å². The lowest BCUT2D eigenvalue weighted by atomic mass is 10.2. The maximum absolute atomic E-state index is 10.8. The second-order valence-electron chi connectivity index (χ2n) is 2.54. The molecule has 1 rings (SSSR count). The Morgan fingerprint density at radius 3 is 3.10 bits per heavy atom. The SMILES string of the molecule is CO[C@H]1CCNC(=O)CC1. The van der Waals surface area contributed by atoms with Crippen LogP contribution in [-0.4, -0.2) is 25.7 Å². The van der Waals surface area contributed by atoms with Crippen LogP contribution in [0, 0.1) is 0 Å². The smallest absolute Gasteiger partial charge is 0.220 e. The third-order valence-electron chi connectivity index (χ3n) is 1.82. The lowest BCUT2D eigenvalue weighted by molar-refractivity contribution is -0.120. The van der Waals surface area contributed by atoms with Gasteiger partial charge in [-0.05, 0) is 12.8 Å². The first kappa shape index (κ1) is 7.54. The van der Waals surface area contributed by atoms with E-state index in [0.29, 0.717) is 6.42 Å². The number of amides is 1. The van der Waals surface area contributed by atoms with Gasteiger partial charge in [0, 0.05) is 20.1 Å². The lowest BCUT2D eigenvalue weighted by Gasteiger charge is -2.08. The van der Waals surface area contributed by atoms with Crippen LogP contribution >= 0.6 is 0 Å². The van der Waals surface area contributed by atoms with Crippen molar-refractivity contribution in [3.05, 3.63) is 0 Å². The van der Waals surface area contributed by atoms with Crippen LogP contribution < -0.4 is 5.32 Å². The molecule has 1 amide bonds. The van der Waals surface area contributed by atoms with Crippen LogP contribution in [0.1, 0.15) is 19.3 Å². The van der Waals surface area contributed by atoms with Crippen molar-refractivity contribution in [2.24, 2.45) is 0 Å². The molecule has 1 saturated heterocycles. The summed E-state index contributed by atoms with van der Waals surface area (Å²) in [6, 6.07) is 0. The van der Waals surface area contributed by atoms with E-state index in [9.17, 15) is 4.79 Å². The molecule has 58 valence electrons. The van der Waals surface area contributed by atoms with Gasteiger partial charge >= 0.3 is 0 Å². The van der Waals surface area contributed by atoms with E-state index in [1.165, 1.54) is 0 Å². The van der Waals surface area contributed by atoms with Crippen molar-refractivity contribution in [3.8, 4) is 0 Å². The highest BCUT2D eigenvalue weighted by molar-refractivity contribution is 5.76. The van der Waals surface area contributed by atoms with Crippen LogP contribution in [0.25, 0.3) is 0 Å². The van der Waals surface area contributed by atoms with E-state index in [1.807, 2.05) is 0 Å². The molecule has 3 nitrogen and oxygen atoms in total. The van der Waals surface area contributed by atoms with Gasteiger partial charge in [0.15, 0.2) is 0 Å². The molecule has 0 aromatic heterocycles. The average molecular weight is 143 g/mol. The number of methoxy groups -OCH3 is 1. The Kier molecular flexibility index (Phi) is 2.68. The molecule has 1 N–H and O–H groups in total. The van der Waals surface area contributed by atoms with E-state index in [4.69, 9.17) is 4.74 Å². The second kappa shape index (κ2) is 3.56. The molecule has 0 saturated carbocycles. The molecule has 0 spiro atoms. The molecule has 1 heterocycles. The minimum absolute atomic E-state index is 0.152.